The molecule has 0 aromatic heterocycles. The molecule has 0 unspecified atom stereocenters. The molecule has 3 rings (SSSR count). The summed E-state index contributed by atoms with van der Waals surface area (Å²) in [4.78, 5) is 36.9. The Labute approximate surface area is 149 Å². The fraction of sp³-hybridized carbons (Fsp3) is 0.471. The molecule has 7 nitrogen and oxygen atoms in total. The molecular weight excluding hydrogens is 346 g/mol. The van der Waals surface area contributed by atoms with Crippen molar-refractivity contribution in [1.29, 1.82) is 0 Å². The van der Waals surface area contributed by atoms with Crippen LogP contribution in [0.1, 0.15) is 25.0 Å². The highest BCUT2D eigenvalue weighted by atomic mass is 32.2. The zero-order chi connectivity index (χ0) is 18.1. The summed E-state index contributed by atoms with van der Waals surface area (Å²) < 4.78 is 10.7. The largest absolute Gasteiger partial charge is 0.480 e. The minimum Gasteiger partial charge on any atom is -0.480 e. The molecule has 0 saturated heterocycles. The monoisotopic (exact) mass is 365 g/mol. The van der Waals surface area contributed by atoms with E-state index >= 15 is 0 Å². The Morgan fingerprint density at radius 1 is 1.28 bits per heavy atom. The summed E-state index contributed by atoms with van der Waals surface area (Å²) in [6.07, 6.45) is 0.222. The van der Waals surface area contributed by atoms with Crippen LogP contribution in [0.15, 0.2) is 12.1 Å². The van der Waals surface area contributed by atoms with E-state index in [1.807, 2.05) is 6.07 Å². The predicted molar refractivity (Wildman–Crippen MR) is 90.5 cm³/mol. The third-order valence-corrected chi connectivity index (χ3v) is 5.42. The normalized spacial score (nSPS) is 19.3. The van der Waals surface area contributed by atoms with Gasteiger partial charge in [-0.2, -0.15) is 0 Å². The van der Waals surface area contributed by atoms with E-state index in [1.54, 1.807) is 13.0 Å². The highest BCUT2D eigenvalue weighted by Crippen LogP contribution is 2.38. The van der Waals surface area contributed by atoms with Gasteiger partial charge in [0.2, 0.25) is 12.7 Å². The quantitative estimate of drug-likeness (QED) is 0.867. The summed E-state index contributed by atoms with van der Waals surface area (Å²) in [5.41, 5.74) is 1.72. The number of hydrogen-bond donors (Lipinski definition) is 1. The molecule has 2 atom stereocenters. The first-order valence-corrected chi connectivity index (χ1v) is 8.93. The molecule has 0 aliphatic carbocycles. The first kappa shape index (κ1) is 17.6. The van der Waals surface area contributed by atoms with E-state index in [1.165, 1.54) is 11.8 Å². The van der Waals surface area contributed by atoms with Crippen molar-refractivity contribution in [3.8, 4) is 11.5 Å². The number of benzene rings is 1. The van der Waals surface area contributed by atoms with E-state index < -0.39 is 17.9 Å². The van der Waals surface area contributed by atoms with Crippen LogP contribution >= 0.6 is 11.8 Å². The van der Waals surface area contributed by atoms with Crippen molar-refractivity contribution in [3.63, 3.8) is 0 Å². The summed E-state index contributed by atoms with van der Waals surface area (Å²) in [5.74, 6) is -0.182. The van der Waals surface area contributed by atoms with Gasteiger partial charge in [0.25, 0.3) is 0 Å². The van der Waals surface area contributed by atoms with Crippen LogP contribution in [-0.4, -0.2) is 45.6 Å². The van der Waals surface area contributed by atoms with Gasteiger partial charge in [-0.15, -0.1) is 0 Å². The van der Waals surface area contributed by atoms with Gasteiger partial charge in [-0.3, -0.25) is 9.59 Å². The first-order valence-electron chi connectivity index (χ1n) is 7.95. The second-order valence-electron chi connectivity index (χ2n) is 6.20. The number of amides is 1. The number of thioether (sulfide) groups is 1. The number of ether oxygens (including phenoxy) is 2. The molecule has 134 valence electrons. The van der Waals surface area contributed by atoms with Crippen molar-refractivity contribution >= 4 is 28.8 Å². The van der Waals surface area contributed by atoms with Crippen LogP contribution in [-0.2, 0) is 27.3 Å². The first-order chi connectivity index (χ1) is 11.9. The topological polar surface area (TPSA) is 93.1 Å². The van der Waals surface area contributed by atoms with Crippen molar-refractivity contribution in [2.45, 2.75) is 32.9 Å². The van der Waals surface area contributed by atoms with Gasteiger partial charge in [0.05, 0.1) is 0 Å². The summed E-state index contributed by atoms with van der Waals surface area (Å²) >= 11 is 1.07. The number of carbonyl (C=O) groups excluding carboxylic acids is 2. The number of fused-ring (bicyclic) bond motifs is 2. The summed E-state index contributed by atoms with van der Waals surface area (Å²) in [6.45, 7) is 3.51. The Morgan fingerprint density at radius 3 is 2.52 bits per heavy atom. The lowest BCUT2D eigenvalue weighted by Gasteiger charge is -2.36. The molecular formula is C17H19NO6S. The number of nitrogens with zero attached hydrogens (tertiary/aromatic N) is 1. The molecule has 8 heteroatoms. The lowest BCUT2D eigenvalue weighted by atomic mass is 9.92. The molecule has 0 fully saturated rings. The van der Waals surface area contributed by atoms with Crippen molar-refractivity contribution in [2.24, 2.45) is 5.92 Å². The number of rotatable bonds is 4. The average Bonchev–Trinajstić information content (AvgIpc) is 3.02. The van der Waals surface area contributed by atoms with Gasteiger partial charge in [0, 0.05) is 31.6 Å². The lowest BCUT2D eigenvalue weighted by Crippen LogP contribution is -2.50. The molecule has 0 radical (unpaired) electrons. The summed E-state index contributed by atoms with van der Waals surface area (Å²) in [7, 11) is 0. The third-order valence-electron chi connectivity index (χ3n) is 4.35. The van der Waals surface area contributed by atoms with Gasteiger partial charge in [-0.25, -0.2) is 4.79 Å². The van der Waals surface area contributed by atoms with Crippen LogP contribution < -0.4 is 9.47 Å². The Morgan fingerprint density at radius 2 is 1.92 bits per heavy atom. The van der Waals surface area contributed by atoms with Crippen LogP contribution in [0.3, 0.4) is 0 Å². The van der Waals surface area contributed by atoms with E-state index in [4.69, 9.17) is 9.47 Å². The molecule has 2 aliphatic heterocycles. The molecule has 0 bridgehead atoms. The minimum absolute atomic E-state index is 0.0638. The van der Waals surface area contributed by atoms with Crippen LogP contribution in [0.5, 0.6) is 11.5 Å². The third kappa shape index (κ3) is 3.58. The maximum Gasteiger partial charge on any atom is 0.326 e. The van der Waals surface area contributed by atoms with Crippen LogP contribution in [0.25, 0.3) is 0 Å². The standard InChI is InChI=1S/C17H19NO6S/c1-9(7-25-10(2)19)16(20)18-6-12-5-15-14(23-8-24-15)4-11(12)3-13(18)17(21)22/h4-5,9,13H,3,6-8H2,1-2H3,(H,21,22)/t9-,13-/m1/s1. The molecule has 0 spiro atoms. The Hall–Kier alpha value is -2.22. The second-order valence-corrected chi connectivity index (χ2v) is 7.40. The van der Waals surface area contributed by atoms with Crippen LogP contribution in [0.4, 0.5) is 0 Å². The number of aliphatic carboxylic acids is 1. The number of carboxylic acid groups (broad SMARTS) is 1. The summed E-state index contributed by atoms with van der Waals surface area (Å²) in [6, 6.07) is 2.68. The number of carbonyl (C=O) groups is 3. The predicted octanol–water partition coefficient (Wildman–Crippen LogP) is 1.67. The van der Waals surface area contributed by atoms with Crippen LogP contribution in [0, 0.1) is 5.92 Å². The van der Waals surface area contributed by atoms with Gasteiger partial charge in [-0.05, 0) is 23.3 Å². The molecule has 1 N–H and O–H groups in total. The maximum absolute atomic E-state index is 12.8. The van der Waals surface area contributed by atoms with Crippen molar-refractivity contribution in [2.75, 3.05) is 12.5 Å². The van der Waals surface area contributed by atoms with Gasteiger partial charge in [0.1, 0.15) is 6.04 Å². The fourth-order valence-electron chi connectivity index (χ4n) is 3.02. The van der Waals surface area contributed by atoms with E-state index in [9.17, 15) is 19.5 Å². The van der Waals surface area contributed by atoms with Gasteiger partial charge in [-0.1, -0.05) is 18.7 Å². The van der Waals surface area contributed by atoms with Gasteiger partial charge >= 0.3 is 5.97 Å². The molecule has 2 aliphatic rings. The molecule has 1 aromatic carbocycles. The van der Waals surface area contributed by atoms with Gasteiger partial charge < -0.3 is 19.5 Å². The zero-order valence-electron chi connectivity index (χ0n) is 14.0. The van der Waals surface area contributed by atoms with E-state index in [2.05, 4.69) is 0 Å². The van der Waals surface area contributed by atoms with E-state index in [-0.39, 0.29) is 30.8 Å². The second kappa shape index (κ2) is 6.95. The smallest absolute Gasteiger partial charge is 0.326 e. The molecule has 1 aromatic rings. The Kier molecular flexibility index (Phi) is 4.89. The molecule has 25 heavy (non-hydrogen) atoms. The van der Waals surface area contributed by atoms with E-state index in [0.717, 1.165) is 22.9 Å². The minimum atomic E-state index is -1.04. The van der Waals surface area contributed by atoms with Crippen LogP contribution in [0.2, 0.25) is 0 Å². The highest BCUT2D eigenvalue weighted by Gasteiger charge is 2.37. The SMILES string of the molecule is CC(=O)SC[C@@H](C)C(=O)N1Cc2cc3c(cc2C[C@@H]1C(=O)O)OCO3. The summed E-state index contributed by atoms with van der Waals surface area (Å²) in [5, 5.41) is 9.50. The molecule has 2 heterocycles. The maximum atomic E-state index is 12.8. The lowest BCUT2D eigenvalue weighted by molar-refractivity contribution is -0.152. The molecule has 0 saturated carbocycles. The van der Waals surface area contributed by atoms with E-state index in [0.29, 0.717) is 17.3 Å². The fourth-order valence-corrected chi connectivity index (χ4v) is 3.65. The number of hydrogen-bond acceptors (Lipinski definition) is 6. The number of carboxylic acids is 1. The average molecular weight is 365 g/mol. The van der Waals surface area contributed by atoms with Crippen molar-refractivity contribution < 1.29 is 29.0 Å². The van der Waals surface area contributed by atoms with Gasteiger partial charge in [0.15, 0.2) is 16.6 Å². The van der Waals surface area contributed by atoms with Crippen molar-refractivity contribution in [1.82, 2.24) is 4.90 Å². The zero-order valence-corrected chi connectivity index (χ0v) is 14.8. The van der Waals surface area contributed by atoms with Crippen molar-refractivity contribution in [3.05, 3.63) is 23.3 Å². The Balaban J connectivity index is 1.84. The highest BCUT2D eigenvalue weighted by molar-refractivity contribution is 8.13. The Bertz CT molecular complexity index is 734. The molecule has 1 amide bonds.